The molecule has 2 heteroatoms. The highest BCUT2D eigenvalue weighted by atomic mass is 16.3. The third-order valence-electron chi connectivity index (χ3n) is 2.66. The third kappa shape index (κ3) is 2.72. The van der Waals surface area contributed by atoms with Crippen LogP contribution in [0.5, 0.6) is 5.75 Å². The van der Waals surface area contributed by atoms with Gasteiger partial charge in [-0.2, -0.15) is 0 Å². The van der Waals surface area contributed by atoms with Crippen molar-refractivity contribution >= 4 is 11.9 Å². The van der Waals surface area contributed by atoms with Crippen molar-refractivity contribution < 1.29 is 5.11 Å². The maximum Gasteiger partial charge on any atom is 0.141 e. The molecule has 0 saturated heterocycles. The Morgan fingerprint density at radius 2 is 1.82 bits per heavy atom. The van der Waals surface area contributed by atoms with E-state index in [1.165, 1.54) is 5.56 Å². The maximum atomic E-state index is 9.72. The van der Waals surface area contributed by atoms with Gasteiger partial charge in [0.2, 0.25) is 0 Å². The number of phenolic OH excluding ortho intramolecular Hbond substituents is 1. The lowest BCUT2D eigenvalue weighted by molar-refractivity contribution is 0.476. The Bertz CT molecular complexity index is 559. The second kappa shape index (κ2) is 4.83. The molecule has 0 aliphatic heterocycles. The van der Waals surface area contributed by atoms with Crippen molar-refractivity contribution in [1.82, 2.24) is 0 Å². The Morgan fingerprint density at radius 1 is 1.06 bits per heavy atom. The summed E-state index contributed by atoms with van der Waals surface area (Å²) in [6.07, 6.45) is 1.78. The van der Waals surface area contributed by atoms with Gasteiger partial charge in [0.1, 0.15) is 11.4 Å². The highest BCUT2D eigenvalue weighted by Gasteiger charge is 1.98. The van der Waals surface area contributed by atoms with Crippen LogP contribution in [0.3, 0.4) is 0 Å². The fourth-order valence-electron chi connectivity index (χ4n) is 1.61. The highest BCUT2D eigenvalue weighted by molar-refractivity contribution is 5.84. The molecule has 0 amide bonds. The van der Waals surface area contributed by atoms with Gasteiger partial charge in [0.15, 0.2) is 0 Å². The van der Waals surface area contributed by atoms with E-state index in [-0.39, 0.29) is 5.75 Å². The van der Waals surface area contributed by atoms with E-state index < -0.39 is 0 Å². The third-order valence-corrected chi connectivity index (χ3v) is 2.66. The highest BCUT2D eigenvalue weighted by Crippen LogP contribution is 2.26. The van der Waals surface area contributed by atoms with Gasteiger partial charge in [0, 0.05) is 6.21 Å². The van der Waals surface area contributed by atoms with Gasteiger partial charge in [-0.1, -0.05) is 30.3 Å². The van der Waals surface area contributed by atoms with E-state index in [4.69, 9.17) is 0 Å². The molecule has 0 aromatic heterocycles. The van der Waals surface area contributed by atoms with Crippen molar-refractivity contribution in [3.63, 3.8) is 0 Å². The molecule has 2 aromatic carbocycles. The van der Waals surface area contributed by atoms with Gasteiger partial charge in [-0.3, -0.25) is 4.99 Å². The van der Waals surface area contributed by atoms with Crippen molar-refractivity contribution in [2.24, 2.45) is 4.99 Å². The van der Waals surface area contributed by atoms with E-state index >= 15 is 0 Å². The number of phenols is 1. The smallest absolute Gasteiger partial charge is 0.141 e. The van der Waals surface area contributed by atoms with Gasteiger partial charge in [-0.05, 0) is 42.7 Å². The number of nitrogens with zero attached hydrogens (tertiary/aromatic N) is 1. The molecule has 0 fully saturated rings. The van der Waals surface area contributed by atoms with E-state index in [0.717, 1.165) is 11.1 Å². The second-order valence-electron chi connectivity index (χ2n) is 4.11. The van der Waals surface area contributed by atoms with Crippen LogP contribution in [0.1, 0.15) is 16.7 Å². The molecule has 0 saturated carbocycles. The van der Waals surface area contributed by atoms with E-state index in [1.54, 1.807) is 12.3 Å². The topological polar surface area (TPSA) is 32.6 Å². The van der Waals surface area contributed by atoms with Gasteiger partial charge >= 0.3 is 0 Å². The van der Waals surface area contributed by atoms with E-state index in [0.29, 0.717) is 5.69 Å². The molecule has 0 heterocycles. The van der Waals surface area contributed by atoms with Gasteiger partial charge in [0.05, 0.1) is 0 Å². The predicted molar refractivity (Wildman–Crippen MR) is 71.3 cm³/mol. The van der Waals surface area contributed by atoms with Crippen LogP contribution in [0, 0.1) is 13.8 Å². The lowest BCUT2D eigenvalue weighted by Gasteiger charge is -2.01. The molecular formula is C15H15NO. The summed E-state index contributed by atoms with van der Waals surface area (Å²) in [5, 5.41) is 9.72. The number of aliphatic imine (C=N–C) groups is 1. The van der Waals surface area contributed by atoms with Crippen LogP contribution < -0.4 is 0 Å². The van der Waals surface area contributed by atoms with Crippen LogP contribution in [-0.2, 0) is 0 Å². The molecule has 0 atom stereocenters. The molecule has 86 valence electrons. The monoisotopic (exact) mass is 225 g/mol. The summed E-state index contributed by atoms with van der Waals surface area (Å²) < 4.78 is 0. The molecule has 0 spiro atoms. The van der Waals surface area contributed by atoms with Crippen molar-refractivity contribution in [3.8, 4) is 5.75 Å². The number of rotatable bonds is 2. The summed E-state index contributed by atoms with van der Waals surface area (Å²) in [6.45, 7) is 3.98. The molecule has 0 radical (unpaired) electrons. The summed E-state index contributed by atoms with van der Waals surface area (Å²) in [4.78, 5) is 4.30. The number of benzene rings is 2. The zero-order valence-corrected chi connectivity index (χ0v) is 10.0. The van der Waals surface area contributed by atoms with Crippen LogP contribution in [0.4, 0.5) is 5.69 Å². The molecule has 17 heavy (non-hydrogen) atoms. The molecular weight excluding hydrogens is 210 g/mol. The molecule has 0 aliphatic rings. The Labute approximate surface area is 101 Å². The Kier molecular flexibility index (Phi) is 3.24. The fourth-order valence-corrected chi connectivity index (χ4v) is 1.61. The molecule has 2 nitrogen and oxygen atoms in total. The normalized spacial score (nSPS) is 10.9. The van der Waals surface area contributed by atoms with Crippen molar-refractivity contribution in [3.05, 3.63) is 59.2 Å². The molecule has 0 unspecified atom stereocenters. The standard InChI is InChI=1S/C15H15NO/c1-11-7-8-14(15(17)9-11)16-10-13-6-4-3-5-12(13)2/h3-10,17H,1-2H3. The SMILES string of the molecule is Cc1ccc(N=Cc2ccccc2C)c(O)c1. The second-order valence-corrected chi connectivity index (χ2v) is 4.11. The van der Waals surface area contributed by atoms with Crippen LogP contribution in [0.15, 0.2) is 47.5 Å². The first-order chi connectivity index (χ1) is 8.16. The number of aryl methyl sites for hydroxylation is 2. The van der Waals surface area contributed by atoms with Gasteiger partial charge in [0.25, 0.3) is 0 Å². The Morgan fingerprint density at radius 3 is 2.53 bits per heavy atom. The summed E-state index contributed by atoms with van der Waals surface area (Å²) >= 11 is 0. The summed E-state index contributed by atoms with van der Waals surface area (Å²) in [5.74, 6) is 0.217. The molecule has 2 aromatic rings. The lowest BCUT2D eigenvalue weighted by Crippen LogP contribution is -1.85. The summed E-state index contributed by atoms with van der Waals surface area (Å²) in [7, 11) is 0. The number of aromatic hydroxyl groups is 1. The Hall–Kier alpha value is -2.09. The average Bonchev–Trinajstić information content (AvgIpc) is 2.30. The van der Waals surface area contributed by atoms with Crippen LogP contribution >= 0.6 is 0 Å². The van der Waals surface area contributed by atoms with Gasteiger partial charge < -0.3 is 5.11 Å². The number of hydrogen-bond acceptors (Lipinski definition) is 2. The first kappa shape index (κ1) is 11.4. The minimum absolute atomic E-state index is 0.217. The maximum absolute atomic E-state index is 9.72. The Balaban J connectivity index is 2.29. The average molecular weight is 225 g/mol. The zero-order chi connectivity index (χ0) is 12.3. The number of hydrogen-bond donors (Lipinski definition) is 1. The van der Waals surface area contributed by atoms with Crippen LogP contribution in [0.2, 0.25) is 0 Å². The predicted octanol–water partition coefficient (Wildman–Crippen LogP) is 3.76. The van der Waals surface area contributed by atoms with E-state index in [2.05, 4.69) is 4.99 Å². The van der Waals surface area contributed by atoms with Crippen LogP contribution in [-0.4, -0.2) is 11.3 Å². The van der Waals surface area contributed by atoms with Crippen LogP contribution in [0.25, 0.3) is 0 Å². The molecule has 0 aliphatic carbocycles. The largest absolute Gasteiger partial charge is 0.506 e. The zero-order valence-electron chi connectivity index (χ0n) is 10.0. The first-order valence-corrected chi connectivity index (χ1v) is 5.56. The molecule has 2 rings (SSSR count). The molecule has 0 bridgehead atoms. The van der Waals surface area contributed by atoms with Crippen molar-refractivity contribution in [2.75, 3.05) is 0 Å². The van der Waals surface area contributed by atoms with Gasteiger partial charge in [-0.25, -0.2) is 0 Å². The minimum atomic E-state index is 0.217. The summed E-state index contributed by atoms with van der Waals surface area (Å²) in [6, 6.07) is 13.5. The quantitative estimate of drug-likeness (QED) is 0.775. The van der Waals surface area contributed by atoms with Crippen molar-refractivity contribution in [1.29, 1.82) is 0 Å². The lowest BCUT2D eigenvalue weighted by atomic mass is 10.1. The van der Waals surface area contributed by atoms with E-state index in [9.17, 15) is 5.11 Å². The van der Waals surface area contributed by atoms with Crippen molar-refractivity contribution in [2.45, 2.75) is 13.8 Å². The first-order valence-electron chi connectivity index (χ1n) is 5.56. The summed E-state index contributed by atoms with van der Waals surface area (Å²) in [5.41, 5.74) is 3.85. The molecule has 1 N–H and O–H groups in total. The van der Waals surface area contributed by atoms with E-state index in [1.807, 2.05) is 50.2 Å². The minimum Gasteiger partial charge on any atom is -0.506 e. The fraction of sp³-hybridized carbons (Fsp3) is 0.133. The van der Waals surface area contributed by atoms with Gasteiger partial charge in [-0.15, -0.1) is 0 Å².